The highest BCUT2D eigenvalue weighted by Crippen LogP contribution is 2.33. The molecule has 0 bridgehead atoms. The number of hydrogen-bond donors (Lipinski definition) is 2. The molecule has 0 fully saturated rings. The van der Waals surface area contributed by atoms with Gasteiger partial charge in [0.15, 0.2) is 11.5 Å². The Hall–Kier alpha value is -2.96. The Morgan fingerprint density at radius 2 is 2.00 bits per heavy atom. The van der Waals surface area contributed by atoms with Gasteiger partial charge in [0, 0.05) is 0 Å². The van der Waals surface area contributed by atoms with Crippen molar-refractivity contribution in [2.45, 2.75) is 13.5 Å². The van der Waals surface area contributed by atoms with E-state index in [-0.39, 0.29) is 18.0 Å². The Morgan fingerprint density at radius 1 is 1.22 bits per heavy atom. The molecular formula is C16H15NO6. The van der Waals surface area contributed by atoms with Gasteiger partial charge in [-0.05, 0) is 25.1 Å². The number of para-hydroxylation sites is 1. The van der Waals surface area contributed by atoms with E-state index < -0.39 is 5.97 Å². The number of carboxylic acids is 1. The number of furan rings is 1. The van der Waals surface area contributed by atoms with Gasteiger partial charge in [0.1, 0.15) is 30.3 Å². The second kappa shape index (κ2) is 6.04. The van der Waals surface area contributed by atoms with Crippen LogP contribution in [0, 0.1) is 6.92 Å². The summed E-state index contributed by atoms with van der Waals surface area (Å²) < 4.78 is 16.3. The molecule has 23 heavy (non-hydrogen) atoms. The van der Waals surface area contributed by atoms with Crippen molar-refractivity contribution in [1.82, 2.24) is 5.32 Å². The molecule has 1 aliphatic heterocycles. The van der Waals surface area contributed by atoms with Crippen LogP contribution in [0.3, 0.4) is 0 Å². The molecule has 0 radical (unpaired) electrons. The quantitative estimate of drug-likeness (QED) is 0.895. The summed E-state index contributed by atoms with van der Waals surface area (Å²) in [7, 11) is 0. The standard InChI is InChI=1S/C16H15NO6/c1-9-12(16(19)20)7-10(23-9)8-17-15(18)11-3-2-4-13-14(11)22-6-5-21-13/h2-4,7H,5-6,8H2,1H3,(H,17,18)(H,19,20). The number of nitrogens with one attached hydrogen (secondary N) is 1. The largest absolute Gasteiger partial charge is 0.486 e. The number of aryl methyl sites for hydroxylation is 1. The van der Waals surface area contributed by atoms with Crippen molar-refractivity contribution in [1.29, 1.82) is 0 Å². The van der Waals surface area contributed by atoms with Gasteiger partial charge in [-0.25, -0.2) is 4.79 Å². The molecule has 2 aromatic rings. The maximum Gasteiger partial charge on any atom is 0.339 e. The topological polar surface area (TPSA) is 98.0 Å². The van der Waals surface area contributed by atoms with Crippen molar-refractivity contribution >= 4 is 11.9 Å². The highest BCUT2D eigenvalue weighted by molar-refractivity contribution is 5.97. The number of benzene rings is 1. The first kappa shape index (κ1) is 15.0. The van der Waals surface area contributed by atoms with E-state index in [4.69, 9.17) is 19.0 Å². The summed E-state index contributed by atoms with van der Waals surface area (Å²) in [6.07, 6.45) is 0. The van der Waals surface area contributed by atoms with Crippen molar-refractivity contribution in [3.8, 4) is 11.5 Å². The van der Waals surface area contributed by atoms with Crippen molar-refractivity contribution in [3.63, 3.8) is 0 Å². The normalized spacial score (nSPS) is 12.7. The molecule has 0 saturated heterocycles. The molecule has 7 heteroatoms. The fourth-order valence-corrected chi connectivity index (χ4v) is 2.36. The first-order chi connectivity index (χ1) is 11.1. The third kappa shape index (κ3) is 2.98. The van der Waals surface area contributed by atoms with Crippen molar-refractivity contribution in [2.24, 2.45) is 0 Å². The fraction of sp³-hybridized carbons (Fsp3) is 0.250. The molecule has 0 unspecified atom stereocenters. The Balaban J connectivity index is 1.73. The highest BCUT2D eigenvalue weighted by atomic mass is 16.6. The second-order valence-corrected chi connectivity index (χ2v) is 5.00. The van der Waals surface area contributed by atoms with Crippen LogP contribution in [0.4, 0.5) is 0 Å². The number of amides is 1. The predicted octanol–water partition coefficient (Wildman–Crippen LogP) is 1.99. The van der Waals surface area contributed by atoms with Crippen molar-refractivity contribution in [3.05, 3.63) is 46.9 Å². The van der Waals surface area contributed by atoms with E-state index in [2.05, 4.69) is 5.32 Å². The minimum atomic E-state index is -1.06. The number of fused-ring (bicyclic) bond motifs is 1. The zero-order valence-corrected chi connectivity index (χ0v) is 12.4. The van der Waals surface area contributed by atoms with Gasteiger partial charge in [-0.3, -0.25) is 4.79 Å². The van der Waals surface area contributed by atoms with Gasteiger partial charge < -0.3 is 24.3 Å². The van der Waals surface area contributed by atoms with Crippen LogP contribution < -0.4 is 14.8 Å². The van der Waals surface area contributed by atoms with Crippen LogP contribution in [0.15, 0.2) is 28.7 Å². The molecular weight excluding hydrogens is 302 g/mol. The summed E-state index contributed by atoms with van der Waals surface area (Å²) >= 11 is 0. The maximum absolute atomic E-state index is 12.3. The minimum Gasteiger partial charge on any atom is -0.486 e. The fourth-order valence-electron chi connectivity index (χ4n) is 2.36. The molecule has 1 amide bonds. The van der Waals surface area contributed by atoms with Gasteiger partial charge >= 0.3 is 5.97 Å². The molecule has 0 saturated carbocycles. The number of hydrogen-bond acceptors (Lipinski definition) is 5. The Morgan fingerprint density at radius 3 is 2.74 bits per heavy atom. The number of carbonyl (C=O) groups is 2. The van der Waals surface area contributed by atoms with Crippen molar-refractivity contribution < 1.29 is 28.6 Å². The van der Waals surface area contributed by atoms with Gasteiger partial charge in [0.05, 0.1) is 12.1 Å². The summed E-state index contributed by atoms with van der Waals surface area (Å²) in [4.78, 5) is 23.3. The monoisotopic (exact) mass is 317 g/mol. The molecule has 0 spiro atoms. The first-order valence-electron chi connectivity index (χ1n) is 7.05. The minimum absolute atomic E-state index is 0.0808. The molecule has 0 aliphatic carbocycles. The number of aromatic carboxylic acids is 1. The van der Waals surface area contributed by atoms with Crippen LogP contribution in [0.1, 0.15) is 32.2 Å². The molecule has 0 atom stereocenters. The second-order valence-electron chi connectivity index (χ2n) is 5.00. The summed E-state index contributed by atoms with van der Waals surface area (Å²) in [5.74, 6) is 0.208. The van der Waals surface area contributed by atoms with E-state index in [1.807, 2.05) is 0 Å². The van der Waals surface area contributed by atoms with E-state index in [1.165, 1.54) is 6.07 Å². The van der Waals surface area contributed by atoms with Gasteiger partial charge in [-0.2, -0.15) is 0 Å². The van der Waals surface area contributed by atoms with Crippen LogP contribution >= 0.6 is 0 Å². The molecule has 1 aliphatic rings. The van der Waals surface area contributed by atoms with E-state index in [0.29, 0.717) is 41.8 Å². The summed E-state index contributed by atoms with van der Waals surface area (Å²) in [5.41, 5.74) is 0.451. The van der Waals surface area contributed by atoms with Gasteiger partial charge in [-0.1, -0.05) is 6.07 Å². The lowest BCUT2D eigenvalue weighted by atomic mass is 10.1. The summed E-state index contributed by atoms with van der Waals surface area (Å²) in [5, 5.41) is 11.7. The molecule has 1 aromatic heterocycles. The van der Waals surface area contributed by atoms with Gasteiger partial charge in [0.2, 0.25) is 0 Å². The van der Waals surface area contributed by atoms with E-state index in [1.54, 1.807) is 25.1 Å². The average molecular weight is 317 g/mol. The van der Waals surface area contributed by atoms with E-state index in [9.17, 15) is 9.59 Å². The molecule has 120 valence electrons. The lowest BCUT2D eigenvalue weighted by Crippen LogP contribution is -2.25. The molecule has 3 rings (SSSR count). The number of ether oxygens (including phenoxy) is 2. The van der Waals surface area contributed by atoms with Gasteiger partial charge in [-0.15, -0.1) is 0 Å². The molecule has 7 nitrogen and oxygen atoms in total. The average Bonchev–Trinajstić information content (AvgIpc) is 2.93. The van der Waals surface area contributed by atoms with Crippen LogP contribution in [0.5, 0.6) is 11.5 Å². The van der Waals surface area contributed by atoms with Crippen LogP contribution in [-0.4, -0.2) is 30.2 Å². The molecule has 2 heterocycles. The van der Waals surface area contributed by atoms with Gasteiger partial charge in [0.25, 0.3) is 5.91 Å². The SMILES string of the molecule is Cc1oc(CNC(=O)c2cccc3c2OCCO3)cc1C(=O)O. The Labute approximate surface area is 131 Å². The van der Waals surface area contributed by atoms with E-state index >= 15 is 0 Å². The lowest BCUT2D eigenvalue weighted by Gasteiger charge is -2.20. The smallest absolute Gasteiger partial charge is 0.339 e. The number of rotatable bonds is 4. The first-order valence-corrected chi connectivity index (χ1v) is 7.05. The van der Waals surface area contributed by atoms with Crippen LogP contribution in [0.2, 0.25) is 0 Å². The van der Waals surface area contributed by atoms with Crippen LogP contribution in [-0.2, 0) is 6.54 Å². The molecule has 2 N–H and O–H groups in total. The Kier molecular flexibility index (Phi) is 3.92. The third-order valence-electron chi connectivity index (χ3n) is 3.43. The van der Waals surface area contributed by atoms with Crippen LogP contribution in [0.25, 0.3) is 0 Å². The third-order valence-corrected chi connectivity index (χ3v) is 3.43. The highest BCUT2D eigenvalue weighted by Gasteiger charge is 2.21. The molecule has 1 aromatic carbocycles. The summed E-state index contributed by atoms with van der Waals surface area (Å²) in [6, 6.07) is 6.49. The zero-order valence-electron chi connectivity index (χ0n) is 12.4. The predicted molar refractivity (Wildman–Crippen MR) is 79.0 cm³/mol. The zero-order chi connectivity index (χ0) is 16.4. The van der Waals surface area contributed by atoms with Crippen molar-refractivity contribution in [2.75, 3.05) is 13.2 Å². The number of carbonyl (C=O) groups excluding carboxylic acids is 1. The Bertz CT molecular complexity index is 764. The lowest BCUT2D eigenvalue weighted by molar-refractivity contribution is 0.0694. The van der Waals surface area contributed by atoms with E-state index in [0.717, 1.165) is 0 Å². The summed E-state index contributed by atoms with van der Waals surface area (Å²) in [6.45, 7) is 2.48. The number of carboxylic acid groups (broad SMARTS) is 1. The maximum atomic E-state index is 12.3.